The first-order valence-electron chi connectivity index (χ1n) is 7.80. The number of aryl methyl sites for hydroxylation is 1. The molecular formula is C20H14FN3O. The van der Waals surface area contributed by atoms with Gasteiger partial charge in [-0.2, -0.15) is 0 Å². The molecule has 25 heavy (non-hydrogen) atoms. The largest absolute Gasteiger partial charge is 0.439 e. The lowest BCUT2D eigenvalue weighted by Crippen LogP contribution is -1.92. The van der Waals surface area contributed by atoms with Crippen molar-refractivity contribution in [2.75, 3.05) is 0 Å². The molecule has 0 atom stereocenters. The summed E-state index contributed by atoms with van der Waals surface area (Å²) in [7, 11) is 0. The standard InChI is InChI=1S/C20H14FN3O/c1-13-4-5-15(9-17(13)21)19-11-20(24-12-23-19)25-16-7-6-14-3-2-8-22-18(14)10-16/h2-12H,1H3. The van der Waals surface area contributed by atoms with Crippen LogP contribution in [-0.2, 0) is 0 Å². The summed E-state index contributed by atoms with van der Waals surface area (Å²) < 4.78 is 19.6. The van der Waals surface area contributed by atoms with Crippen LogP contribution in [0.5, 0.6) is 11.6 Å². The fourth-order valence-corrected chi connectivity index (χ4v) is 2.54. The summed E-state index contributed by atoms with van der Waals surface area (Å²) in [4.78, 5) is 12.6. The maximum atomic E-state index is 13.8. The van der Waals surface area contributed by atoms with Crippen molar-refractivity contribution in [2.45, 2.75) is 6.92 Å². The molecule has 4 nitrogen and oxygen atoms in total. The van der Waals surface area contributed by atoms with Crippen LogP contribution in [0.3, 0.4) is 0 Å². The van der Waals surface area contributed by atoms with Crippen LogP contribution in [0.25, 0.3) is 22.2 Å². The van der Waals surface area contributed by atoms with E-state index in [2.05, 4.69) is 15.0 Å². The van der Waals surface area contributed by atoms with E-state index in [4.69, 9.17) is 4.74 Å². The van der Waals surface area contributed by atoms with E-state index in [1.807, 2.05) is 36.4 Å². The van der Waals surface area contributed by atoms with E-state index in [1.165, 1.54) is 12.4 Å². The first-order valence-corrected chi connectivity index (χ1v) is 7.80. The molecule has 2 aromatic carbocycles. The SMILES string of the molecule is Cc1ccc(-c2cc(Oc3ccc4cccnc4c3)ncn2)cc1F. The molecule has 0 saturated heterocycles. The predicted molar refractivity (Wildman–Crippen MR) is 94.0 cm³/mol. The fourth-order valence-electron chi connectivity index (χ4n) is 2.54. The highest BCUT2D eigenvalue weighted by Gasteiger charge is 2.07. The molecule has 0 aliphatic carbocycles. The molecule has 0 unspecified atom stereocenters. The normalized spacial score (nSPS) is 10.8. The van der Waals surface area contributed by atoms with Gasteiger partial charge in [0.1, 0.15) is 17.9 Å². The van der Waals surface area contributed by atoms with Gasteiger partial charge in [0.25, 0.3) is 0 Å². The molecule has 0 bridgehead atoms. The third kappa shape index (κ3) is 3.17. The van der Waals surface area contributed by atoms with Crippen molar-refractivity contribution in [1.29, 1.82) is 0 Å². The summed E-state index contributed by atoms with van der Waals surface area (Å²) in [6.45, 7) is 1.72. The van der Waals surface area contributed by atoms with Crippen LogP contribution >= 0.6 is 0 Å². The molecule has 5 heteroatoms. The van der Waals surface area contributed by atoms with Crippen LogP contribution in [0.4, 0.5) is 4.39 Å². The van der Waals surface area contributed by atoms with E-state index in [9.17, 15) is 4.39 Å². The topological polar surface area (TPSA) is 47.9 Å². The van der Waals surface area contributed by atoms with E-state index in [0.717, 1.165) is 10.9 Å². The smallest absolute Gasteiger partial charge is 0.222 e. The molecular weight excluding hydrogens is 317 g/mol. The number of hydrogen-bond donors (Lipinski definition) is 0. The van der Waals surface area contributed by atoms with Gasteiger partial charge in [-0.1, -0.05) is 18.2 Å². The van der Waals surface area contributed by atoms with Crippen LogP contribution in [0.1, 0.15) is 5.56 Å². The fraction of sp³-hybridized carbons (Fsp3) is 0.0500. The van der Waals surface area contributed by atoms with Crippen molar-refractivity contribution in [3.05, 3.63) is 78.5 Å². The Bertz CT molecular complexity index is 1070. The zero-order chi connectivity index (χ0) is 17.2. The Morgan fingerprint density at radius 3 is 2.72 bits per heavy atom. The number of hydrogen-bond acceptors (Lipinski definition) is 4. The van der Waals surface area contributed by atoms with Crippen molar-refractivity contribution in [3.63, 3.8) is 0 Å². The minimum absolute atomic E-state index is 0.265. The lowest BCUT2D eigenvalue weighted by molar-refractivity contribution is 0.462. The van der Waals surface area contributed by atoms with E-state index >= 15 is 0 Å². The summed E-state index contributed by atoms with van der Waals surface area (Å²) >= 11 is 0. The quantitative estimate of drug-likeness (QED) is 0.534. The van der Waals surface area contributed by atoms with Crippen LogP contribution in [0.15, 0.2) is 67.1 Å². The number of fused-ring (bicyclic) bond motifs is 1. The number of nitrogens with zero attached hydrogens (tertiary/aromatic N) is 3. The van der Waals surface area contributed by atoms with Crippen LogP contribution in [0.2, 0.25) is 0 Å². The zero-order valence-electron chi connectivity index (χ0n) is 13.5. The second kappa shape index (κ2) is 6.28. The molecule has 0 radical (unpaired) electrons. The van der Waals surface area contributed by atoms with Gasteiger partial charge < -0.3 is 4.74 Å². The Morgan fingerprint density at radius 1 is 0.920 bits per heavy atom. The highest BCUT2D eigenvalue weighted by Crippen LogP contribution is 2.26. The van der Waals surface area contributed by atoms with Crippen LogP contribution in [0, 0.1) is 12.7 Å². The van der Waals surface area contributed by atoms with Gasteiger partial charge >= 0.3 is 0 Å². The first-order chi connectivity index (χ1) is 12.2. The number of pyridine rings is 1. The lowest BCUT2D eigenvalue weighted by atomic mass is 10.1. The van der Waals surface area contributed by atoms with E-state index < -0.39 is 0 Å². The second-order valence-corrected chi connectivity index (χ2v) is 5.67. The summed E-state index contributed by atoms with van der Waals surface area (Å²) in [6.07, 6.45) is 3.14. The zero-order valence-corrected chi connectivity index (χ0v) is 13.5. The monoisotopic (exact) mass is 331 g/mol. The van der Waals surface area contributed by atoms with Crippen molar-refractivity contribution in [2.24, 2.45) is 0 Å². The number of rotatable bonds is 3. The van der Waals surface area contributed by atoms with Gasteiger partial charge in [-0.25, -0.2) is 14.4 Å². The van der Waals surface area contributed by atoms with Crippen LogP contribution in [-0.4, -0.2) is 15.0 Å². The molecule has 2 aromatic heterocycles. The molecule has 0 spiro atoms. The van der Waals surface area contributed by atoms with E-state index in [-0.39, 0.29) is 5.82 Å². The number of halogens is 1. The lowest BCUT2D eigenvalue weighted by Gasteiger charge is -2.07. The first kappa shape index (κ1) is 15.2. The molecule has 0 saturated carbocycles. The van der Waals surface area contributed by atoms with Crippen LogP contribution < -0.4 is 4.74 Å². The molecule has 0 aliphatic rings. The molecule has 4 aromatic rings. The Kier molecular flexibility index (Phi) is 3.82. The number of benzene rings is 2. The van der Waals surface area contributed by atoms with Gasteiger partial charge in [-0.15, -0.1) is 0 Å². The van der Waals surface area contributed by atoms with Gasteiger partial charge in [0.05, 0.1) is 11.2 Å². The molecule has 2 heterocycles. The number of aromatic nitrogens is 3. The van der Waals surface area contributed by atoms with E-state index in [1.54, 1.807) is 25.3 Å². The maximum absolute atomic E-state index is 13.8. The molecule has 0 fully saturated rings. The summed E-state index contributed by atoms with van der Waals surface area (Å²) in [6, 6.07) is 16.2. The molecule has 0 amide bonds. The van der Waals surface area contributed by atoms with Gasteiger partial charge in [0.15, 0.2) is 0 Å². The molecule has 0 N–H and O–H groups in total. The number of ether oxygens (including phenoxy) is 1. The molecule has 0 aliphatic heterocycles. The van der Waals surface area contributed by atoms with Gasteiger partial charge in [0, 0.05) is 29.3 Å². The maximum Gasteiger partial charge on any atom is 0.222 e. The minimum Gasteiger partial charge on any atom is -0.439 e. The highest BCUT2D eigenvalue weighted by molar-refractivity contribution is 5.79. The Balaban J connectivity index is 1.65. The van der Waals surface area contributed by atoms with Gasteiger partial charge in [0.2, 0.25) is 5.88 Å². The van der Waals surface area contributed by atoms with Gasteiger partial charge in [-0.3, -0.25) is 4.98 Å². The average molecular weight is 331 g/mol. The second-order valence-electron chi connectivity index (χ2n) is 5.67. The van der Waals surface area contributed by atoms with Crippen molar-refractivity contribution in [1.82, 2.24) is 15.0 Å². The summed E-state index contributed by atoms with van der Waals surface area (Å²) in [5.41, 5.74) is 2.71. The molecule has 4 rings (SSSR count). The highest BCUT2D eigenvalue weighted by atomic mass is 19.1. The Morgan fingerprint density at radius 2 is 1.84 bits per heavy atom. The molecule has 122 valence electrons. The third-order valence-corrected chi connectivity index (χ3v) is 3.91. The summed E-state index contributed by atoms with van der Waals surface area (Å²) in [5, 5.41) is 1.04. The minimum atomic E-state index is -0.265. The summed E-state index contributed by atoms with van der Waals surface area (Å²) in [5.74, 6) is 0.756. The van der Waals surface area contributed by atoms with Crippen molar-refractivity contribution in [3.8, 4) is 22.9 Å². The Labute approximate surface area is 144 Å². The Hall–Kier alpha value is -3.34. The predicted octanol–water partition coefficient (Wildman–Crippen LogP) is 4.93. The van der Waals surface area contributed by atoms with E-state index in [0.29, 0.717) is 28.5 Å². The van der Waals surface area contributed by atoms with Gasteiger partial charge in [-0.05, 0) is 36.8 Å². The van der Waals surface area contributed by atoms with Crippen molar-refractivity contribution < 1.29 is 9.13 Å². The van der Waals surface area contributed by atoms with Crippen molar-refractivity contribution >= 4 is 10.9 Å². The average Bonchev–Trinajstić information content (AvgIpc) is 2.64. The third-order valence-electron chi connectivity index (χ3n) is 3.91.